The van der Waals surface area contributed by atoms with Crippen molar-refractivity contribution in [1.29, 1.82) is 0 Å². The third-order valence-electron chi connectivity index (χ3n) is 4.28. The highest BCUT2D eigenvalue weighted by Crippen LogP contribution is 2.34. The van der Waals surface area contributed by atoms with Crippen molar-refractivity contribution in [2.45, 2.75) is 47.1 Å². The highest BCUT2D eigenvalue weighted by molar-refractivity contribution is 7.92. The predicted octanol–water partition coefficient (Wildman–Crippen LogP) is 0.816. The summed E-state index contributed by atoms with van der Waals surface area (Å²) in [4.78, 5) is 11.5. The first-order chi connectivity index (χ1) is 12.1. The number of hydrogen-bond donors (Lipinski definition) is 3. The van der Waals surface area contributed by atoms with Gasteiger partial charge in [0.05, 0.1) is 27.3 Å². The summed E-state index contributed by atoms with van der Waals surface area (Å²) in [5.74, 6) is -0.824. The molecule has 26 heavy (non-hydrogen) atoms. The summed E-state index contributed by atoms with van der Waals surface area (Å²) in [5.41, 5.74) is -0.350. The van der Waals surface area contributed by atoms with Crippen LogP contribution in [-0.2, 0) is 19.9 Å². The summed E-state index contributed by atoms with van der Waals surface area (Å²) in [6.45, 7) is -0.471. The molecule has 0 unspecified atom stereocenters. The summed E-state index contributed by atoms with van der Waals surface area (Å²) >= 11 is 5.94. The number of amides is 1. The Morgan fingerprint density at radius 3 is 2.31 bits per heavy atom. The van der Waals surface area contributed by atoms with Crippen LogP contribution in [0.5, 0.6) is 0 Å². The quantitative estimate of drug-likeness (QED) is 0.616. The molecular weight excluding hydrogens is 404 g/mol. The van der Waals surface area contributed by atoms with Crippen molar-refractivity contribution in [1.82, 2.24) is 5.32 Å². The van der Waals surface area contributed by atoms with Gasteiger partial charge in [-0.3, -0.25) is 4.79 Å². The highest BCUT2D eigenvalue weighted by atomic mass is 35.5. The van der Waals surface area contributed by atoms with Gasteiger partial charge in [0.1, 0.15) is 4.90 Å². The van der Waals surface area contributed by atoms with Crippen molar-refractivity contribution in [3.05, 3.63) is 22.7 Å². The molecule has 0 aliphatic heterocycles. The Balaban J connectivity index is 2.63. The minimum absolute atomic E-state index is 0.116. The number of rotatable bonds is 6. The van der Waals surface area contributed by atoms with E-state index in [1.54, 1.807) is 0 Å². The van der Waals surface area contributed by atoms with Gasteiger partial charge in [-0.1, -0.05) is 30.9 Å². The molecule has 146 valence electrons. The zero-order chi connectivity index (χ0) is 19.5. The summed E-state index contributed by atoms with van der Waals surface area (Å²) in [6.07, 6.45) is 3.40. The Hall–Kier alpha value is -1.20. The molecule has 1 aromatic rings. The van der Waals surface area contributed by atoms with E-state index >= 15 is 0 Å². The normalized spacial score (nSPS) is 16.4. The number of nitrogens with one attached hydrogen (secondary N) is 1. The molecule has 1 fully saturated rings. The zero-order valence-corrected chi connectivity index (χ0v) is 16.3. The van der Waals surface area contributed by atoms with Crippen LogP contribution in [0.25, 0.3) is 0 Å². The van der Waals surface area contributed by atoms with E-state index in [9.17, 15) is 21.6 Å². The molecule has 0 atom stereocenters. The third-order valence-corrected chi connectivity index (χ3v) is 7.96. The van der Waals surface area contributed by atoms with Gasteiger partial charge in [-0.2, -0.15) is 0 Å². The summed E-state index contributed by atoms with van der Waals surface area (Å²) < 4.78 is 49.4. The second-order valence-corrected chi connectivity index (χ2v) is 10.2. The van der Waals surface area contributed by atoms with Crippen LogP contribution in [0.2, 0.25) is 5.02 Å². The maximum absolute atomic E-state index is 13.0. The molecule has 0 spiro atoms. The van der Waals surface area contributed by atoms with Crippen LogP contribution in [0.3, 0.4) is 0 Å². The Bertz CT molecular complexity index is 893. The Labute approximate surface area is 157 Å². The first-order valence-electron chi connectivity index (χ1n) is 8.08. The largest absolute Gasteiger partial charge is 0.395 e. The van der Waals surface area contributed by atoms with Gasteiger partial charge in [0.2, 0.25) is 10.0 Å². The molecule has 0 saturated heterocycles. The summed E-state index contributed by atoms with van der Waals surface area (Å²) in [6, 6.07) is 1.85. The van der Waals surface area contributed by atoms with E-state index in [2.05, 4.69) is 5.32 Å². The van der Waals surface area contributed by atoms with Crippen LogP contribution in [0.4, 0.5) is 0 Å². The first-order valence-corrected chi connectivity index (χ1v) is 11.6. The minimum Gasteiger partial charge on any atom is -0.395 e. The van der Waals surface area contributed by atoms with Crippen LogP contribution in [0, 0.1) is 0 Å². The van der Waals surface area contributed by atoms with E-state index < -0.39 is 35.9 Å². The number of hydrogen-bond acceptors (Lipinski definition) is 6. The van der Waals surface area contributed by atoms with Gasteiger partial charge in [0, 0.05) is 6.54 Å². The molecule has 1 aromatic carbocycles. The molecule has 1 amide bonds. The van der Waals surface area contributed by atoms with Crippen molar-refractivity contribution in [2.24, 2.45) is 5.14 Å². The van der Waals surface area contributed by atoms with E-state index in [0.29, 0.717) is 12.8 Å². The van der Waals surface area contributed by atoms with Crippen molar-refractivity contribution in [2.75, 3.05) is 13.2 Å². The lowest BCUT2D eigenvalue weighted by atomic mass is 10.0. The standard InChI is InChI=1S/C15H21ClN2O6S2/c16-12-9-13(25(21,22)10-4-2-1-3-5-10)11(15(20)18-6-7-19)8-14(12)26(17,23)24/h8-10,19H,1-7H2,(H,18,20)(H2,17,23,24). The number of aliphatic hydroxyl groups is 1. The van der Waals surface area contributed by atoms with E-state index in [0.717, 1.165) is 31.4 Å². The maximum Gasteiger partial charge on any atom is 0.252 e. The molecule has 1 saturated carbocycles. The van der Waals surface area contributed by atoms with Crippen LogP contribution in [0.15, 0.2) is 21.9 Å². The molecule has 1 aliphatic carbocycles. The van der Waals surface area contributed by atoms with E-state index in [1.807, 2.05) is 0 Å². The molecule has 1 aliphatic rings. The monoisotopic (exact) mass is 424 g/mol. The Kier molecular flexibility index (Phi) is 6.67. The van der Waals surface area contributed by atoms with Crippen molar-refractivity contribution in [3.63, 3.8) is 0 Å². The van der Waals surface area contributed by atoms with Gasteiger partial charge in [-0.05, 0) is 25.0 Å². The van der Waals surface area contributed by atoms with E-state index in [1.165, 1.54) is 0 Å². The molecular formula is C15H21ClN2O6S2. The Morgan fingerprint density at radius 2 is 1.77 bits per heavy atom. The maximum atomic E-state index is 13.0. The lowest BCUT2D eigenvalue weighted by molar-refractivity contribution is 0.0941. The number of sulfonamides is 1. The second-order valence-electron chi connectivity index (χ2n) is 6.11. The van der Waals surface area contributed by atoms with E-state index in [4.69, 9.17) is 21.8 Å². The topological polar surface area (TPSA) is 144 Å². The lowest BCUT2D eigenvalue weighted by Gasteiger charge is -2.23. The number of carbonyl (C=O) groups is 1. The van der Waals surface area contributed by atoms with Crippen LogP contribution >= 0.6 is 11.6 Å². The average molecular weight is 425 g/mol. The molecule has 0 aromatic heterocycles. The number of carbonyl (C=O) groups excluding carboxylic acids is 1. The molecule has 0 heterocycles. The van der Waals surface area contributed by atoms with Crippen LogP contribution in [-0.4, -0.2) is 46.3 Å². The minimum atomic E-state index is -4.25. The summed E-state index contributed by atoms with van der Waals surface area (Å²) in [5, 5.41) is 15.3. The van der Waals surface area contributed by atoms with Gasteiger partial charge in [0.15, 0.2) is 9.84 Å². The van der Waals surface area contributed by atoms with Gasteiger partial charge in [-0.15, -0.1) is 0 Å². The van der Waals surface area contributed by atoms with Crippen LogP contribution < -0.4 is 10.5 Å². The number of sulfone groups is 1. The molecule has 0 radical (unpaired) electrons. The number of nitrogens with two attached hydrogens (primary N) is 1. The zero-order valence-electron chi connectivity index (χ0n) is 13.9. The lowest BCUT2D eigenvalue weighted by Crippen LogP contribution is -2.31. The Morgan fingerprint density at radius 1 is 1.15 bits per heavy atom. The molecule has 2 rings (SSSR count). The number of benzene rings is 1. The molecule has 4 N–H and O–H groups in total. The first kappa shape index (κ1) is 21.1. The van der Waals surface area contributed by atoms with Gasteiger partial charge >= 0.3 is 0 Å². The fourth-order valence-electron chi connectivity index (χ4n) is 2.99. The molecule has 11 heteroatoms. The SMILES string of the molecule is NS(=O)(=O)c1cc(C(=O)NCCO)c(S(=O)(=O)C2CCCCC2)cc1Cl. The molecule has 8 nitrogen and oxygen atoms in total. The number of halogens is 1. The third kappa shape index (κ3) is 4.55. The second kappa shape index (κ2) is 8.22. The number of primary sulfonamides is 1. The highest BCUT2D eigenvalue weighted by Gasteiger charge is 2.34. The fraction of sp³-hybridized carbons (Fsp3) is 0.533. The summed E-state index contributed by atoms with van der Waals surface area (Å²) in [7, 11) is -8.14. The van der Waals surface area contributed by atoms with Gasteiger partial charge in [0.25, 0.3) is 5.91 Å². The predicted molar refractivity (Wildman–Crippen MR) is 96.3 cm³/mol. The van der Waals surface area contributed by atoms with Gasteiger partial charge < -0.3 is 10.4 Å². The van der Waals surface area contributed by atoms with Crippen molar-refractivity contribution >= 4 is 37.4 Å². The average Bonchev–Trinajstić information content (AvgIpc) is 2.59. The van der Waals surface area contributed by atoms with Crippen molar-refractivity contribution in [3.8, 4) is 0 Å². The molecule has 0 bridgehead atoms. The van der Waals surface area contributed by atoms with Crippen LogP contribution in [0.1, 0.15) is 42.5 Å². The van der Waals surface area contributed by atoms with E-state index in [-0.39, 0.29) is 28.6 Å². The fourth-order valence-corrected chi connectivity index (χ4v) is 6.20. The smallest absolute Gasteiger partial charge is 0.252 e. The van der Waals surface area contributed by atoms with Gasteiger partial charge in [-0.25, -0.2) is 22.0 Å². The van der Waals surface area contributed by atoms with Crippen molar-refractivity contribution < 1.29 is 26.7 Å². The number of aliphatic hydroxyl groups excluding tert-OH is 1.